The summed E-state index contributed by atoms with van der Waals surface area (Å²) in [6.07, 6.45) is 3.52. The smallest absolute Gasteiger partial charge is 0.259 e. The Morgan fingerprint density at radius 1 is 0.973 bits per heavy atom. The molecule has 0 radical (unpaired) electrons. The Labute approximate surface area is 217 Å². The molecule has 1 aliphatic rings. The minimum absolute atomic E-state index is 0.0211. The number of nitrogens with zero attached hydrogens (tertiary/aromatic N) is 4. The summed E-state index contributed by atoms with van der Waals surface area (Å²) in [5.74, 6) is 0.790. The van der Waals surface area contributed by atoms with Crippen LogP contribution in [0.25, 0.3) is 0 Å². The molecule has 1 N–H and O–H groups in total. The highest BCUT2D eigenvalue weighted by Gasteiger charge is 2.31. The van der Waals surface area contributed by atoms with Crippen molar-refractivity contribution in [2.24, 2.45) is 0 Å². The van der Waals surface area contributed by atoms with Crippen molar-refractivity contribution < 1.29 is 9.84 Å². The number of hydrogen-bond acceptors (Lipinski definition) is 6. The van der Waals surface area contributed by atoms with Crippen LogP contribution < -0.4 is 15.2 Å². The SMILES string of the molecule is COc1ccc(Cn2c(C)cc(O)c([C@H](c3cccnc3)N3CCN(c4ccccc4)CC3)c2=O)cc1. The van der Waals surface area contributed by atoms with Crippen LogP contribution >= 0.6 is 0 Å². The lowest BCUT2D eigenvalue weighted by Gasteiger charge is -2.40. The molecule has 1 saturated heterocycles. The van der Waals surface area contributed by atoms with Crippen LogP contribution in [-0.4, -0.2) is 52.8 Å². The molecule has 4 aromatic rings. The number of pyridine rings is 2. The van der Waals surface area contributed by atoms with Gasteiger partial charge in [-0.15, -0.1) is 0 Å². The summed E-state index contributed by atoms with van der Waals surface area (Å²) in [6.45, 7) is 5.41. The van der Waals surface area contributed by atoms with Crippen molar-refractivity contribution in [3.8, 4) is 11.5 Å². The van der Waals surface area contributed by atoms with E-state index in [-0.39, 0.29) is 11.3 Å². The number of anilines is 1. The summed E-state index contributed by atoms with van der Waals surface area (Å²) in [4.78, 5) is 23.0. The molecule has 2 aromatic heterocycles. The van der Waals surface area contributed by atoms with E-state index in [4.69, 9.17) is 4.74 Å². The molecule has 0 amide bonds. The molecule has 0 spiro atoms. The second kappa shape index (κ2) is 10.9. The molecule has 37 heavy (non-hydrogen) atoms. The Kier molecular flexibility index (Phi) is 7.23. The first-order valence-electron chi connectivity index (χ1n) is 12.6. The van der Waals surface area contributed by atoms with Gasteiger partial charge in [-0.3, -0.25) is 14.7 Å². The first-order valence-corrected chi connectivity index (χ1v) is 12.6. The van der Waals surface area contributed by atoms with Gasteiger partial charge in [0, 0.05) is 50.0 Å². The van der Waals surface area contributed by atoms with E-state index in [1.54, 1.807) is 30.1 Å². The van der Waals surface area contributed by atoms with Crippen molar-refractivity contribution in [2.45, 2.75) is 19.5 Å². The molecule has 7 heteroatoms. The molecule has 0 unspecified atom stereocenters. The molecular formula is C30H32N4O3. The van der Waals surface area contributed by atoms with E-state index >= 15 is 0 Å². The maximum atomic E-state index is 14.0. The Balaban J connectivity index is 1.50. The van der Waals surface area contributed by atoms with E-state index in [2.05, 4.69) is 39.0 Å². The van der Waals surface area contributed by atoms with Gasteiger partial charge in [0.05, 0.1) is 25.3 Å². The van der Waals surface area contributed by atoms with Crippen LogP contribution in [0.5, 0.6) is 11.5 Å². The second-order valence-corrected chi connectivity index (χ2v) is 9.37. The summed E-state index contributed by atoms with van der Waals surface area (Å²) in [7, 11) is 1.63. The van der Waals surface area contributed by atoms with Crippen molar-refractivity contribution in [3.05, 3.63) is 118 Å². The summed E-state index contributed by atoms with van der Waals surface area (Å²) < 4.78 is 7.01. The standard InChI is InChI=1S/C30H32N4O3/c1-22-19-27(35)28(30(36)34(22)21-23-10-12-26(37-2)13-11-23)29(24-7-6-14-31-20-24)33-17-15-32(16-18-33)25-8-4-3-5-9-25/h3-14,19-20,29,35H,15-18,21H2,1-2H3/t29-/m0/s1. The van der Waals surface area contributed by atoms with Gasteiger partial charge in [-0.1, -0.05) is 36.4 Å². The van der Waals surface area contributed by atoms with Gasteiger partial charge in [-0.2, -0.15) is 0 Å². The van der Waals surface area contributed by atoms with Gasteiger partial charge in [0.25, 0.3) is 5.56 Å². The zero-order valence-electron chi connectivity index (χ0n) is 21.2. The quantitative estimate of drug-likeness (QED) is 0.413. The lowest BCUT2D eigenvalue weighted by Crippen LogP contribution is -2.49. The highest BCUT2D eigenvalue weighted by atomic mass is 16.5. The molecule has 7 nitrogen and oxygen atoms in total. The molecule has 2 aromatic carbocycles. The topological polar surface area (TPSA) is 70.8 Å². The van der Waals surface area contributed by atoms with E-state index in [9.17, 15) is 9.90 Å². The molecule has 5 rings (SSSR count). The largest absolute Gasteiger partial charge is 0.507 e. The van der Waals surface area contributed by atoms with Crippen molar-refractivity contribution in [1.29, 1.82) is 0 Å². The number of ether oxygens (including phenoxy) is 1. The number of aromatic hydroxyl groups is 1. The van der Waals surface area contributed by atoms with Crippen LogP contribution in [0.1, 0.15) is 28.4 Å². The zero-order valence-corrected chi connectivity index (χ0v) is 21.2. The highest BCUT2D eigenvalue weighted by molar-refractivity contribution is 5.47. The van der Waals surface area contributed by atoms with Crippen LogP contribution in [0.15, 0.2) is 90.0 Å². The zero-order chi connectivity index (χ0) is 25.8. The monoisotopic (exact) mass is 496 g/mol. The van der Waals surface area contributed by atoms with Crippen molar-refractivity contribution in [1.82, 2.24) is 14.5 Å². The van der Waals surface area contributed by atoms with Gasteiger partial charge in [-0.25, -0.2) is 0 Å². The number of rotatable bonds is 7. The number of piperazine rings is 1. The van der Waals surface area contributed by atoms with E-state index < -0.39 is 6.04 Å². The fourth-order valence-corrected chi connectivity index (χ4v) is 5.11. The number of benzene rings is 2. The van der Waals surface area contributed by atoms with Crippen LogP contribution in [0.2, 0.25) is 0 Å². The number of para-hydroxylation sites is 1. The van der Waals surface area contributed by atoms with Crippen LogP contribution in [-0.2, 0) is 6.54 Å². The molecule has 1 atom stereocenters. The van der Waals surface area contributed by atoms with Crippen molar-refractivity contribution in [3.63, 3.8) is 0 Å². The first-order chi connectivity index (χ1) is 18.0. The highest BCUT2D eigenvalue weighted by Crippen LogP contribution is 2.33. The van der Waals surface area contributed by atoms with Crippen LogP contribution in [0.3, 0.4) is 0 Å². The van der Waals surface area contributed by atoms with Crippen molar-refractivity contribution >= 4 is 5.69 Å². The maximum absolute atomic E-state index is 14.0. The normalized spacial score (nSPS) is 14.9. The van der Waals surface area contributed by atoms with E-state index in [0.29, 0.717) is 17.8 Å². The lowest BCUT2D eigenvalue weighted by atomic mass is 9.97. The number of aryl methyl sites for hydroxylation is 1. The van der Waals surface area contributed by atoms with E-state index in [1.165, 1.54) is 5.69 Å². The Bertz CT molecular complexity index is 1380. The van der Waals surface area contributed by atoms with Gasteiger partial charge < -0.3 is 19.3 Å². The molecular weight excluding hydrogens is 464 g/mol. The fraction of sp³-hybridized carbons (Fsp3) is 0.267. The molecule has 0 aliphatic carbocycles. The minimum Gasteiger partial charge on any atom is -0.507 e. The van der Waals surface area contributed by atoms with E-state index in [0.717, 1.165) is 43.1 Å². The predicted molar refractivity (Wildman–Crippen MR) is 146 cm³/mol. The van der Waals surface area contributed by atoms with Crippen LogP contribution in [0, 0.1) is 6.92 Å². The van der Waals surface area contributed by atoms with Gasteiger partial charge in [0.15, 0.2) is 0 Å². The summed E-state index contributed by atoms with van der Waals surface area (Å²) >= 11 is 0. The third kappa shape index (κ3) is 5.22. The third-order valence-corrected chi connectivity index (χ3v) is 7.10. The number of aromatic nitrogens is 2. The van der Waals surface area contributed by atoms with Gasteiger partial charge in [-0.05, 0) is 54.4 Å². The summed E-state index contributed by atoms with van der Waals surface area (Å²) in [5.41, 5.74) is 3.98. The molecule has 0 bridgehead atoms. The average Bonchev–Trinajstić information content (AvgIpc) is 2.95. The lowest BCUT2D eigenvalue weighted by molar-refractivity contribution is 0.207. The van der Waals surface area contributed by atoms with Crippen LogP contribution in [0.4, 0.5) is 5.69 Å². The van der Waals surface area contributed by atoms with E-state index in [1.807, 2.05) is 49.4 Å². The van der Waals surface area contributed by atoms with Gasteiger partial charge in [0.2, 0.25) is 0 Å². The Morgan fingerprint density at radius 2 is 1.70 bits per heavy atom. The Morgan fingerprint density at radius 3 is 2.35 bits per heavy atom. The molecule has 0 saturated carbocycles. The summed E-state index contributed by atoms with van der Waals surface area (Å²) in [5, 5.41) is 11.1. The Hall–Kier alpha value is -4.10. The third-order valence-electron chi connectivity index (χ3n) is 7.10. The average molecular weight is 497 g/mol. The minimum atomic E-state index is -0.401. The molecule has 3 heterocycles. The van der Waals surface area contributed by atoms with Gasteiger partial charge in [0.1, 0.15) is 11.5 Å². The predicted octanol–water partition coefficient (Wildman–Crippen LogP) is 4.23. The molecule has 1 fully saturated rings. The first kappa shape index (κ1) is 24.6. The van der Waals surface area contributed by atoms with Gasteiger partial charge >= 0.3 is 0 Å². The number of hydrogen-bond donors (Lipinski definition) is 1. The molecule has 190 valence electrons. The van der Waals surface area contributed by atoms with Crippen molar-refractivity contribution in [2.75, 3.05) is 38.2 Å². The second-order valence-electron chi connectivity index (χ2n) is 9.37. The molecule has 1 aliphatic heterocycles. The fourth-order valence-electron chi connectivity index (χ4n) is 5.11. The summed E-state index contributed by atoms with van der Waals surface area (Å²) in [6, 6.07) is 23.2. The maximum Gasteiger partial charge on any atom is 0.259 e. The number of methoxy groups -OCH3 is 1.